The van der Waals surface area contributed by atoms with Gasteiger partial charge in [0.2, 0.25) is 5.43 Å². The molecule has 2 aromatic heterocycles. The monoisotopic (exact) mass is 398 g/mol. The fourth-order valence-electron chi connectivity index (χ4n) is 3.09. The summed E-state index contributed by atoms with van der Waals surface area (Å²) in [6, 6.07) is 8.33. The molecule has 1 N–H and O–H groups in total. The maximum absolute atomic E-state index is 12.6. The molecule has 1 aromatic carbocycles. The van der Waals surface area contributed by atoms with Gasteiger partial charge in [0.25, 0.3) is 5.91 Å². The molecule has 0 saturated carbocycles. The van der Waals surface area contributed by atoms with Crippen molar-refractivity contribution >= 4 is 39.1 Å². The van der Waals surface area contributed by atoms with Gasteiger partial charge in [0.15, 0.2) is 11.5 Å². The van der Waals surface area contributed by atoms with Crippen LogP contribution in [0.2, 0.25) is 0 Å². The van der Waals surface area contributed by atoms with E-state index in [1.54, 1.807) is 18.2 Å². The number of carbonyl (C=O) groups excluding carboxylic acids is 1. The fraction of sp³-hybridized carbons (Fsp3) is 0.200. The molecular formula is C20H18N2O5S. The number of rotatable bonds is 4. The summed E-state index contributed by atoms with van der Waals surface area (Å²) in [5.74, 6) is -0.115. The third-order valence-electron chi connectivity index (χ3n) is 4.54. The van der Waals surface area contributed by atoms with Crippen molar-refractivity contribution in [3.8, 4) is 11.1 Å². The van der Waals surface area contributed by atoms with Gasteiger partial charge in [-0.25, -0.2) is 0 Å². The van der Waals surface area contributed by atoms with E-state index in [9.17, 15) is 14.8 Å². The highest BCUT2D eigenvalue weighted by atomic mass is 32.1. The van der Waals surface area contributed by atoms with Crippen LogP contribution in [-0.2, 0) is 9.53 Å². The zero-order valence-electron chi connectivity index (χ0n) is 15.0. The van der Waals surface area contributed by atoms with E-state index < -0.39 is 5.91 Å². The van der Waals surface area contributed by atoms with Gasteiger partial charge >= 0.3 is 0 Å². The van der Waals surface area contributed by atoms with Crippen LogP contribution in [0.25, 0.3) is 21.4 Å². The second kappa shape index (κ2) is 7.59. The number of anilines is 2. The smallest absolute Gasteiger partial charge is 0.274 e. The van der Waals surface area contributed by atoms with Crippen molar-refractivity contribution in [1.82, 2.24) is 0 Å². The van der Waals surface area contributed by atoms with Crippen LogP contribution < -0.4 is 15.4 Å². The van der Waals surface area contributed by atoms with Gasteiger partial charge in [0.1, 0.15) is 4.70 Å². The predicted molar refractivity (Wildman–Crippen MR) is 108 cm³/mol. The Morgan fingerprint density at radius 3 is 2.82 bits per heavy atom. The van der Waals surface area contributed by atoms with E-state index in [4.69, 9.17) is 9.15 Å². The first-order chi connectivity index (χ1) is 13.6. The molecule has 3 heterocycles. The molecule has 0 aliphatic carbocycles. The molecule has 28 heavy (non-hydrogen) atoms. The van der Waals surface area contributed by atoms with Crippen molar-refractivity contribution in [2.75, 3.05) is 36.3 Å². The van der Waals surface area contributed by atoms with E-state index in [2.05, 4.69) is 6.58 Å². The third-order valence-corrected chi connectivity index (χ3v) is 5.51. The predicted octanol–water partition coefficient (Wildman–Crippen LogP) is 3.27. The highest BCUT2D eigenvalue weighted by molar-refractivity contribution is 7.17. The normalized spacial score (nSPS) is 14.2. The molecule has 7 nitrogen and oxygen atoms in total. The Bertz CT molecular complexity index is 1100. The number of hydrogen-bond donors (Lipinski definition) is 1. The summed E-state index contributed by atoms with van der Waals surface area (Å²) in [6.07, 6.45) is 1.03. The standard InChI is InChI=1S/C20H18N2O5S/c1-2-17(24)22(25)14-5-3-4-13(10-14)15-12-28-20-16(23)11-18(27-19(15)20)21-6-8-26-9-7-21/h2-5,10-12,25H,1,6-9H2. The highest BCUT2D eigenvalue weighted by Gasteiger charge is 2.19. The van der Waals surface area contributed by atoms with E-state index in [0.29, 0.717) is 53.2 Å². The van der Waals surface area contributed by atoms with E-state index in [1.807, 2.05) is 16.3 Å². The van der Waals surface area contributed by atoms with Gasteiger partial charge in [-0.3, -0.25) is 14.8 Å². The quantitative estimate of drug-likeness (QED) is 0.413. The van der Waals surface area contributed by atoms with Gasteiger partial charge in [-0.2, -0.15) is 5.06 Å². The van der Waals surface area contributed by atoms with Crippen LogP contribution in [0.4, 0.5) is 11.6 Å². The maximum atomic E-state index is 12.6. The van der Waals surface area contributed by atoms with Crippen LogP contribution >= 0.6 is 11.3 Å². The summed E-state index contributed by atoms with van der Waals surface area (Å²) in [6.45, 7) is 5.86. The molecule has 4 rings (SSSR count). The molecule has 1 aliphatic heterocycles. The zero-order chi connectivity index (χ0) is 19.7. The Kier molecular flexibility index (Phi) is 4.99. The lowest BCUT2D eigenvalue weighted by Crippen LogP contribution is -2.36. The molecule has 1 aliphatic rings. The van der Waals surface area contributed by atoms with E-state index >= 15 is 0 Å². The first-order valence-electron chi connectivity index (χ1n) is 8.72. The molecule has 0 unspecified atom stereocenters. The highest BCUT2D eigenvalue weighted by Crippen LogP contribution is 2.35. The summed E-state index contributed by atoms with van der Waals surface area (Å²) in [7, 11) is 0. The SMILES string of the molecule is C=CC(=O)N(O)c1cccc(-c2csc3c(=O)cc(N4CCOCC4)oc23)c1. The molecule has 1 saturated heterocycles. The number of morpholine rings is 1. The van der Waals surface area contributed by atoms with E-state index in [-0.39, 0.29) is 5.43 Å². The van der Waals surface area contributed by atoms with Crippen molar-refractivity contribution in [2.24, 2.45) is 0 Å². The van der Waals surface area contributed by atoms with Gasteiger partial charge in [0.05, 0.1) is 18.9 Å². The molecule has 8 heteroatoms. The molecule has 3 aromatic rings. The lowest BCUT2D eigenvalue weighted by atomic mass is 10.1. The van der Waals surface area contributed by atoms with Crippen LogP contribution in [0.1, 0.15) is 0 Å². The fourth-order valence-corrected chi connectivity index (χ4v) is 4.00. The molecule has 1 fully saturated rings. The maximum Gasteiger partial charge on any atom is 0.274 e. The van der Waals surface area contributed by atoms with Crippen molar-refractivity contribution < 1.29 is 19.2 Å². The molecule has 0 radical (unpaired) electrons. The van der Waals surface area contributed by atoms with Crippen molar-refractivity contribution in [1.29, 1.82) is 0 Å². The van der Waals surface area contributed by atoms with Crippen LogP contribution in [-0.4, -0.2) is 37.4 Å². The summed E-state index contributed by atoms with van der Waals surface area (Å²) < 4.78 is 12.0. The Morgan fingerprint density at radius 1 is 1.29 bits per heavy atom. The van der Waals surface area contributed by atoms with Crippen LogP contribution in [0.3, 0.4) is 0 Å². The van der Waals surface area contributed by atoms with Crippen LogP contribution in [0.5, 0.6) is 0 Å². The number of ether oxygens (including phenoxy) is 1. The average Bonchev–Trinajstić information content (AvgIpc) is 3.18. The van der Waals surface area contributed by atoms with E-state index in [0.717, 1.165) is 17.2 Å². The Hall–Kier alpha value is -2.94. The number of benzene rings is 1. The number of thiophene rings is 1. The molecule has 0 bridgehead atoms. The third kappa shape index (κ3) is 3.33. The summed E-state index contributed by atoms with van der Waals surface area (Å²) in [5.41, 5.74) is 2.15. The first kappa shape index (κ1) is 18.4. The van der Waals surface area contributed by atoms with Gasteiger partial charge in [0, 0.05) is 30.1 Å². The lowest BCUT2D eigenvalue weighted by Gasteiger charge is -2.27. The second-order valence-electron chi connectivity index (χ2n) is 6.26. The number of carbonyl (C=O) groups is 1. The first-order valence-corrected chi connectivity index (χ1v) is 9.60. The zero-order valence-corrected chi connectivity index (χ0v) is 15.8. The van der Waals surface area contributed by atoms with Crippen LogP contribution in [0.15, 0.2) is 57.6 Å². The summed E-state index contributed by atoms with van der Waals surface area (Å²) in [5, 5.41) is 12.4. The van der Waals surface area contributed by atoms with Crippen molar-refractivity contribution in [3.05, 3.63) is 58.6 Å². The van der Waals surface area contributed by atoms with Gasteiger partial charge < -0.3 is 14.1 Å². The average molecular weight is 398 g/mol. The molecule has 144 valence electrons. The molecule has 0 spiro atoms. The van der Waals surface area contributed by atoms with Crippen LogP contribution in [0, 0.1) is 0 Å². The molecule has 0 atom stereocenters. The summed E-state index contributed by atoms with van der Waals surface area (Å²) >= 11 is 1.31. The topological polar surface area (TPSA) is 83.2 Å². The Balaban J connectivity index is 1.79. The number of nitrogens with zero attached hydrogens (tertiary/aromatic N) is 2. The van der Waals surface area contributed by atoms with Crippen molar-refractivity contribution in [3.63, 3.8) is 0 Å². The van der Waals surface area contributed by atoms with E-state index in [1.165, 1.54) is 17.4 Å². The molecule has 1 amide bonds. The number of amides is 1. The lowest BCUT2D eigenvalue weighted by molar-refractivity contribution is -0.118. The summed E-state index contributed by atoms with van der Waals surface area (Å²) in [4.78, 5) is 26.2. The Labute approximate surface area is 164 Å². The second-order valence-corrected chi connectivity index (χ2v) is 7.14. The Morgan fingerprint density at radius 2 is 2.07 bits per heavy atom. The van der Waals surface area contributed by atoms with Gasteiger partial charge in [-0.05, 0) is 23.8 Å². The minimum atomic E-state index is -0.631. The largest absolute Gasteiger partial charge is 0.439 e. The molecular weight excluding hydrogens is 380 g/mol. The minimum Gasteiger partial charge on any atom is -0.439 e. The minimum absolute atomic E-state index is 0.0965. The number of hydrogen-bond acceptors (Lipinski definition) is 7. The number of hydroxylamine groups is 1. The van der Waals surface area contributed by atoms with Gasteiger partial charge in [-0.1, -0.05) is 18.7 Å². The van der Waals surface area contributed by atoms with Crippen molar-refractivity contribution in [2.45, 2.75) is 0 Å². The van der Waals surface area contributed by atoms with Gasteiger partial charge in [-0.15, -0.1) is 11.3 Å². The number of fused-ring (bicyclic) bond motifs is 1.